The van der Waals surface area contributed by atoms with Crippen LogP contribution in [0.1, 0.15) is 45.7 Å². The van der Waals surface area contributed by atoms with E-state index < -0.39 is 0 Å². The second-order valence-electron chi connectivity index (χ2n) is 5.97. The first kappa shape index (κ1) is 16.2. The molecule has 0 saturated carbocycles. The van der Waals surface area contributed by atoms with E-state index in [0.717, 1.165) is 26.2 Å². The van der Waals surface area contributed by atoms with Gasteiger partial charge in [-0.1, -0.05) is 45.0 Å². The fourth-order valence-corrected chi connectivity index (χ4v) is 2.29. The van der Waals surface area contributed by atoms with Gasteiger partial charge < -0.3 is 5.32 Å². The third-order valence-corrected chi connectivity index (χ3v) is 3.39. The summed E-state index contributed by atoms with van der Waals surface area (Å²) in [4.78, 5) is 2.56. The molecule has 1 N–H and O–H groups in total. The molecule has 0 amide bonds. The molecule has 1 aromatic carbocycles. The van der Waals surface area contributed by atoms with Crippen LogP contribution in [-0.2, 0) is 13.1 Å². The molecule has 0 aliphatic heterocycles. The number of benzene rings is 1. The second kappa shape index (κ2) is 8.34. The lowest BCUT2D eigenvalue weighted by Crippen LogP contribution is -2.34. The van der Waals surface area contributed by atoms with E-state index in [-0.39, 0.29) is 0 Å². The quantitative estimate of drug-likeness (QED) is 0.769. The van der Waals surface area contributed by atoms with Crippen molar-refractivity contribution in [1.82, 2.24) is 10.2 Å². The van der Waals surface area contributed by atoms with Gasteiger partial charge in [0.1, 0.15) is 0 Å². The molecule has 19 heavy (non-hydrogen) atoms. The largest absolute Gasteiger partial charge is 0.313 e. The van der Waals surface area contributed by atoms with Gasteiger partial charge in [-0.15, -0.1) is 0 Å². The Kier molecular flexibility index (Phi) is 7.11. The summed E-state index contributed by atoms with van der Waals surface area (Å²) >= 11 is 0. The van der Waals surface area contributed by atoms with E-state index in [4.69, 9.17) is 0 Å². The van der Waals surface area contributed by atoms with E-state index in [1.165, 1.54) is 11.1 Å². The molecule has 0 unspecified atom stereocenters. The van der Waals surface area contributed by atoms with Gasteiger partial charge in [-0.05, 0) is 37.4 Å². The van der Waals surface area contributed by atoms with Crippen LogP contribution in [0.2, 0.25) is 0 Å². The Morgan fingerprint density at radius 1 is 1.05 bits per heavy atom. The Balaban J connectivity index is 2.77. The highest BCUT2D eigenvalue weighted by atomic mass is 15.1. The summed E-state index contributed by atoms with van der Waals surface area (Å²) in [5, 5.41) is 3.43. The van der Waals surface area contributed by atoms with E-state index in [1.807, 2.05) is 0 Å². The second-order valence-corrected chi connectivity index (χ2v) is 5.97. The van der Waals surface area contributed by atoms with E-state index in [1.54, 1.807) is 0 Å². The highest BCUT2D eigenvalue weighted by Gasteiger charge is 2.13. The van der Waals surface area contributed by atoms with Gasteiger partial charge in [-0.2, -0.15) is 0 Å². The zero-order valence-electron chi connectivity index (χ0n) is 13.2. The van der Waals surface area contributed by atoms with E-state index >= 15 is 0 Å². The molecular formula is C17H30N2. The van der Waals surface area contributed by atoms with Gasteiger partial charge in [-0.3, -0.25) is 4.90 Å². The minimum atomic E-state index is 0.592. The summed E-state index contributed by atoms with van der Waals surface area (Å²) < 4.78 is 0. The van der Waals surface area contributed by atoms with Crippen LogP contribution in [0.5, 0.6) is 0 Å². The van der Waals surface area contributed by atoms with Crippen LogP contribution >= 0.6 is 0 Å². The lowest BCUT2D eigenvalue weighted by atomic mass is 10.1. The molecule has 0 saturated heterocycles. The summed E-state index contributed by atoms with van der Waals surface area (Å²) in [5.74, 6) is 0.711. The molecule has 0 bridgehead atoms. The average molecular weight is 262 g/mol. The number of nitrogens with one attached hydrogen (secondary N) is 1. The first-order valence-electron chi connectivity index (χ1n) is 7.56. The topological polar surface area (TPSA) is 15.3 Å². The summed E-state index contributed by atoms with van der Waals surface area (Å²) in [6.07, 6.45) is 0. The van der Waals surface area contributed by atoms with Gasteiger partial charge in [0.05, 0.1) is 0 Å². The standard InChI is InChI=1S/C17H30N2/c1-6-18-11-16-9-7-8-10-17(16)13-19(15(4)5)12-14(2)3/h7-10,14-15,18H,6,11-13H2,1-5H3. The van der Waals surface area contributed by atoms with Crippen molar-refractivity contribution < 1.29 is 0 Å². The molecule has 2 nitrogen and oxygen atoms in total. The molecule has 108 valence electrons. The molecule has 0 heterocycles. The first-order valence-corrected chi connectivity index (χ1v) is 7.56. The van der Waals surface area contributed by atoms with Gasteiger partial charge >= 0.3 is 0 Å². The molecule has 0 spiro atoms. The van der Waals surface area contributed by atoms with Gasteiger partial charge in [0.15, 0.2) is 0 Å². The minimum Gasteiger partial charge on any atom is -0.313 e. The summed E-state index contributed by atoms with van der Waals surface area (Å²) in [6.45, 7) is 15.5. The lowest BCUT2D eigenvalue weighted by Gasteiger charge is -2.29. The van der Waals surface area contributed by atoms with E-state index in [0.29, 0.717) is 12.0 Å². The molecule has 0 aromatic heterocycles. The summed E-state index contributed by atoms with van der Waals surface area (Å²) in [6, 6.07) is 9.39. The van der Waals surface area contributed by atoms with Crippen LogP contribution in [0, 0.1) is 5.92 Å². The maximum Gasteiger partial charge on any atom is 0.0239 e. The van der Waals surface area contributed by atoms with E-state index in [9.17, 15) is 0 Å². The molecule has 1 aromatic rings. The zero-order valence-corrected chi connectivity index (χ0v) is 13.2. The van der Waals surface area contributed by atoms with Crippen LogP contribution in [0.25, 0.3) is 0 Å². The molecule has 0 fully saturated rings. The summed E-state index contributed by atoms with van der Waals surface area (Å²) in [5.41, 5.74) is 2.89. The molecule has 0 radical (unpaired) electrons. The van der Waals surface area contributed by atoms with Crippen LogP contribution in [0.4, 0.5) is 0 Å². The van der Waals surface area contributed by atoms with Crippen LogP contribution < -0.4 is 5.32 Å². The number of hydrogen-bond donors (Lipinski definition) is 1. The zero-order chi connectivity index (χ0) is 14.3. The SMILES string of the molecule is CCNCc1ccccc1CN(CC(C)C)C(C)C. The number of nitrogens with zero attached hydrogens (tertiary/aromatic N) is 1. The Labute approximate surface area is 119 Å². The number of hydrogen-bond acceptors (Lipinski definition) is 2. The monoisotopic (exact) mass is 262 g/mol. The average Bonchev–Trinajstić information content (AvgIpc) is 2.36. The normalized spacial score (nSPS) is 11.8. The summed E-state index contributed by atoms with van der Waals surface area (Å²) in [7, 11) is 0. The van der Waals surface area contributed by atoms with Crippen molar-refractivity contribution in [2.75, 3.05) is 13.1 Å². The minimum absolute atomic E-state index is 0.592. The lowest BCUT2D eigenvalue weighted by molar-refractivity contribution is 0.188. The fraction of sp³-hybridized carbons (Fsp3) is 0.647. The van der Waals surface area contributed by atoms with Gasteiger partial charge in [0.25, 0.3) is 0 Å². The van der Waals surface area contributed by atoms with E-state index in [2.05, 4.69) is 69.1 Å². The van der Waals surface area contributed by atoms with Gasteiger partial charge in [-0.25, -0.2) is 0 Å². The Bertz CT molecular complexity index is 358. The highest BCUT2D eigenvalue weighted by molar-refractivity contribution is 5.27. The van der Waals surface area contributed by atoms with Gasteiger partial charge in [0.2, 0.25) is 0 Å². The Morgan fingerprint density at radius 2 is 1.68 bits per heavy atom. The highest BCUT2D eigenvalue weighted by Crippen LogP contribution is 2.15. The van der Waals surface area contributed by atoms with Crippen LogP contribution in [0.3, 0.4) is 0 Å². The molecule has 0 aliphatic rings. The van der Waals surface area contributed by atoms with Crippen molar-refractivity contribution in [1.29, 1.82) is 0 Å². The maximum absolute atomic E-state index is 3.43. The van der Waals surface area contributed by atoms with Crippen molar-refractivity contribution in [2.45, 2.75) is 53.8 Å². The molecule has 1 rings (SSSR count). The van der Waals surface area contributed by atoms with Crippen molar-refractivity contribution >= 4 is 0 Å². The molecule has 0 atom stereocenters. The molecule has 0 aliphatic carbocycles. The Morgan fingerprint density at radius 3 is 2.21 bits per heavy atom. The predicted octanol–water partition coefficient (Wildman–Crippen LogP) is 3.66. The van der Waals surface area contributed by atoms with Crippen LogP contribution in [-0.4, -0.2) is 24.0 Å². The maximum atomic E-state index is 3.43. The van der Waals surface area contributed by atoms with Crippen molar-refractivity contribution in [3.05, 3.63) is 35.4 Å². The first-order chi connectivity index (χ1) is 9.04. The third kappa shape index (κ3) is 5.75. The number of rotatable bonds is 8. The molecule has 2 heteroatoms. The fourth-order valence-electron chi connectivity index (χ4n) is 2.29. The third-order valence-electron chi connectivity index (χ3n) is 3.39. The van der Waals surface area contributed by atoms with Crippen molar-refractivity contribution in [3.63, 3.8) is 0 Å². The van der Waals surface area contributed by atoms with Gasteiger partial charge in [0, 0.05) is 25.7 Å². The Hall–Kier alpha value is -0.860. The van der Waals surface area contributed by atoms with Crippen LogP contribution in [0.15, 0.2) is 24.3 Å². The smallest absolute Gasteiger partial charge is 0.0239 e. The predicted molar refractivity (Wildman–Crippen MR) is 84.2 cm³/mol. The molecular weight excluding hydrogens is 232 g/mol. The van der Waals surface area contributed by atoms with Crippen molar-refractivity contribution in [2.24, 2.45) is 5.92 Å². The van der Waals surface area contributed by atoms with Crippen molar-refractivity contribution in [3.8, 4) is 0 Å².